The van der Waals surface area contributed by atoms with Crippen LogP contribution in [0.3, 0.4) is 0 Å². The van der Waals surface area contributed by atoms with E-state index < -0.39 is 35.4 Å². The second-order valence-corrected chi connectivity index (χ2v) is 6.81. The van der Waals surface area contributed by atoms with E-state index in [0.717, 1.165) is 18.2 Å². The fourth-order valence-corrected chi connectivity index (χ4v) is 2.74. The molecule has 2 aromatic rings. The largest absolute Gasteiger partial charge is 0.491 e. The number of alkyl halides is 3. The smallest absolute Gasteiger partial charge is 0.419 e. The molecule has 1 atom stereocenters. The SMILES string of the molecule is CC(COc1ccccc1C(F)(F)F)NC(=O)CCNC(=O)c1ccc(F)cc1Cl. The average Bonchev–Trinajstić information content (AvgIpc) is 2.65. The minimum absolute atomic E-state index is 0.0111. The number of amides is 2. The van der Waals surface area contributed by atoms with Crippen LogP contribution in [0.25, 0.3) is 0 Å². The molecular formula is C20H19ClF4N2O3. The predicted octanol–water partition coefficient (Wildman–Crippen LogP) is 4.20. The van der Waals surface area contributed by atoms with Crippen LogP contribution in [0.2, 0.25) is 5.02 Å². The van der Waals surface area contributed by atoms with Crippen LogP contribution in [0.5, 0.6) is 5.75 Å². The third-order valence-corrected chi connectivity index (χ3v) is 4.21. The van der Waals surface area contributed by atoms with E-state index in [0.29, 0.717) is 0 Å². The van der Waals surface area contributed by atoms with Crippen molar-refractivity contribution in [1.29, 1.82) is 0 Å². The zero-order chi connectivity index (χ0) is 22.3. The third-order valence-electron chi connectivity index (χ3n) is 3.90. The van der Waals surface area contributed by atoms with Gasteiger partial charge in [0.2, 0.25) is 5.91 Å². The normalized spacial score (nSPS) is 12.2. The summed E-state index contributed by atoms with van der Waals surface area (Å²) in [5, 5.41) is 5.00. The molecule has 0 fully saturated rings. The summed E-state index contributed by atoms with van der Waals surface area (Å²) in [6.45, 7) is 1.39. The molecule has 0 aliphatic carbocycles. The number of hydrogen-bond donors (Lipinski definition) is 2. The Morgan fingerprint density at radius 2 is 1.87 bits per heavy atom. The highest BCUT2D eigenvalue weighted by Crippen LogP contribution is 2.35. The topological polar surface area (TPSA) is 67.4 Å². The summed E-state index contributed by atoms with van der Waals surface area (Å²) >= 11 is 5.79. The van der Waals surface area contributed by atoms with Gasteiger partial charge in [-0.1, -0.05) is 23.7 Å². The predicted molar refractivity (Wildman–Crippen MR) is 103 cm³/mol. The number of para-hydroxylation sites is 1. The Kier molecular flexibility index (Phi) is 8.05. The molecule has 162 valence electrons. The van der Waals surface area contributed by atoms with Crippen LogP contribution in [0.15, 0.2) is 42.5 Å². The maximum absolute atomic E-state index is 13.0. The Morgan fingerprint density at radius 1 is 1.17 bits per heavy atom. The maximum atomic E-state index is 13.0. The molecule has 0 saturated heterocycles. The number of carbonyl (C=O) groups is 2. The number of carbonyl (C=O) groups excluding carboxylic acids is 2. The number of halogens is 5. The number of ether oxygens (including phenoxy) is 1. The number of nitrogens with one attached hydrogen (secondary N) is 2. The molecule has 0 spiro atoms. The molecule has 1 unspecified atom stereocenters. The van der Waals surface area contributed by atoms with Gasteiger partial charge >= 0.3 is 6.18 Å². The summed E-state index contributed by atoms with van der Waals surface area (Å²) in [5.74, 6) is -1.90. The number of hydrogen-bond acceptors (Lipinski definition) is 3. The highest BCUT2D eigenvalue weighted by Gasteiger charge is 2.34. The highest BCUT2D eigenvalue weighted by atomic mass is 35.5. The van der Waals surface area contributed by atoms with E-state index in [4.69, 9.17) is 16.3 Å². The standard InChI is InChI=1S/C20H19ClF4N2O3/c1-12(11-30-17-5-3-2-4-15(17)20(23,24)25)27-18(28)8-9-26-19(29)14-7-6-13(22)10-16(14)21/h2-7,10,12H,8-9,11H2,1H3,(H,26,29)(H,27,28). The van der Waals surface area contributed by atoms with E-state index in [1.54, 1.807) is 6.92 Å². The van der Waals surface area contributed by atoms with Gasteiger partial charge in [-0.15, -0.1) is 0 Å². The monoisotopic (exact) mass is 446 g/mol. The van der Waals surface area contributed by atoms with Crippen LogP contribution in [-0.2, 0) is 11.0 Å². The van der Waals surface area contributed by atoms with Crippen molar-refractivity contribution >= 4 is 23.4 Å². The van der Waals surface area contributed by atoms with Crippen molar-refractivity contribution in [2.75, 3.05) is 13.2 Å². The number of rotatable bonds is 8. The van der Waals surface area contributed by atoms with Crippen molar-refractivity contribution in [2.45, 2.75) is 25.6 Å². The fourth-order valence-electron chi connectivity index (χ4n) is 2.49. The molecule has 0 saturated carbocycles. The summed E-state index contributed by atoms with van der Waals surface area (Å²) in [6, 6.07) is 7.54. The molecule has 0 radical (unpaired) electrons. The quantitative estimate of drug-likeness (QED) is 0.597. The van der Waals surface area contributed by atoms with Crippen molar-refractivity contribution < 1.29 is 31.9 Å². The first-order valence-corrected chi connectivity index (χ1v) is 9.27. The molecule has 2 N–H and O–H groups in total. The summed E-state index contributed by atoms with van der Waals surface area (Å²) in [7, 11) is 0. The van der Waals surface area contributed by atoms with Gasteiger partial charge in [-0.25, -0.2) is 4.39 Å². The highest BCUT2D eigenvalue weighted by molar-refractivity contribution is 6.33. The van der Waals surface area contributed by atoms with Crippen molar-refractivity contribution in [3.63, 3.8) is 0 Å². The summed E-state index contributed by atoms with van der Waals surface area (Å²) in [5.41, 5.74) is -0.825. The van der Waals surface area contributed by atoms with Gasteiger partial charge in [-0.3, -0.25) is 9.59 Å². The molecule has 30 heavy (non-hydrogen) atoms. The van der Waals surface area contributed by atoms with Crippen molar-refractivity contribution in [3.05, 3.63) is 64.4 Å². The van der Waals surface area contributed by atoms with Crippen LogP contribution in [-0.4, -0.2) is 31.0 Å². The lowest BCUT2D eigenvalue weighted by atomic mass is 10.2. The second-order valence-electron chi connectivity index (χ2n) is 6.40. The van der Waals surface area contributed by atoms with Crippen molar-refractivity contribution in [2.24, 2.45) is 0 Å². The van der Waals surface area contributed by atoms with E-state index in [9.17, 15) is 27.2 Å². The molecular weight excluding hydrogens is 428 g/mol. The first kappa shape index (κ1) is 23.5. The van der Waals surface area contributed by atoms with Gasteiger partial charge < -0.3 is 15.4 Å². The molecule has 2 rings (SSSR count). The van der Waals surface area contributed by atoms with Crippen molar-refractivity contribution in [1.82, 2.24) is 10.6 Å². The molecule has 0 aliphatic heterocycles. The van der Waals surface area contributed by atoms with Crippen LogP contribution < -0.4 is 15.4 Å². The van der Waals surface area contributed by atoms with E-state index in [1.165, 1.54) is 24.3 Å². The van der Waals surface area contributed by atoms with Gasteiger partial charge in [0, 0.05) is 13.0 Å². The van der Waals surface area contributed by atoms with Gasteiger partial charge in [0.25, 0.3) is 5.91 Å². The van der Waals surface area contributed by atoms with Gasteiger partial charge in [-0.2, -0.15) is 13.2 Å². The Bertz CT molecular complexity index is 906. The van der Waals surface area contributed by atoms with Crippen molar-refractivity contribution in [3.8, 4) is 5.75 Å². The first-order valence-electron chi connectivity index (χ1n) is 8.89. The Morgan fingerprint density at radius 3 is 2.53 bits per heavy atom. The summed E-state index contributed by atoms with van der Waals surface area (Å²) in [4.78, 5) is 23.9. The third kappa shape index (κ3) is 6.91. The van der Waals surface area contributed by atoms with E-state index in [1.807, 2.05) is 0 Å². The van der Waals surface area contributed by atoms with E-state index in [2.05, 4.69) is 10.6 Å². The minimum atomic E-state index is -4.55. The Hall–Kier alpha value is -2.81. The lowest BCUT2D eigenvalue weighted by molar-refractivity contribution is -0.139. The van der Waals surface area contributed by atoms with Crippen LogP contribution in [0, 0.1) is 5.82 Å². The Labute approximate surface area is 175 Å². The van der Waals surface area contributed by atoms with E-state index >= 15 is 0 Å². The van der Waals surface area contributed by atoms with Gasteiger partial charge in [0.1, 0.15) is 18.2 Å². The van der Waals surface area contributed by atoms with Gasteiger partial charge in [0.05, 0.1) is 22.2 Å². The fraction of sp³-hybridized carbons (Fsp3) is 0.300. The van der Waals surface area contributed by atoms with Gasteiger partial charge in [-0.05, 0) is 37.3 Å². The molecule has 0 aliphatic rings. The molecule has 2 aromatic carbocycles. The molecule has 0 aromatic heterocycles. The minimum Gasteiger partial charge on any atom is -0.491 e. The lowest BCUT2D eigenvalue weighted by Gasteiger charge is -2.18. The zero-order valence-corrected chi connectivity index (χ0v) is 16.6. The lowest BCUT2D eigenvalue weighted by Crippen LogP contribution is -2.38. The molecule has 0 bridgehead atoms. The van der Waals surface area contributed by atoms with Crippen LogP contribution >= 0.6 is 11.6 Å². The first-order chi connectivity index (χ1) is 14.1. The zero-order valence-electron chi connectivity index (χ0n) is 15.9. The van der Waals surface area contributed by atoms with E-state index in [-0.39, 0.29) is 35.9 Å². The number of benzene rings is 2. The van der Waals surface area contributed by atoms with Crippen LogP contribution in [0.4, 0.5) is 17.6 Å². The molecule has 0 heterocycles. The second kappa shape index (κ2) is 10.3. The summed E-state index contributed by atoms with van der Waals surface area (Å²) < 4.78 is 57.0. The van der Waals surface area contributed by atoms with Gasteiger partial charge in [0.15, 0.2) is 0 Å². The van der Waals surface area contributed by atoms with Crippen LogP contribution in [0.1, 0.15) is 29.3 Å². The Balaban J connectivity index is 1.77. The summed E-state index contributed by atoms with van der Waals surface area (Å²) in [6.07, 6.45) is -4.62. The average molecular weight is 447 g/mol. The molecule has 5 nitrogen and oxygen atoms in total. The maximum Gasteiger partial charge on any atom is 0.419 e. The molecule has 10 heteroatoms. The molecule has 2 amide bonds.